The van der Waals surface area contributed by atoms with Crippen LogP contribution >= 0.6 is 0 Å². The lowest BCUT2D eigenvalue weighted by molar-refractivity contribution is -0.115. The van der Waals surface area contributed by atoms with Gasteiger partial charge in [-0.2, -0.15) is 0 Å². The number of rotatable bonds is 1. The predicted octanol–water partition coefficient (Wildman–Crippen LogP) is 0.397. The second-order valence-electron chi connectivity index (χ2n) is 4.07. The molecule has 3 nitrogen and oxygen atoms in total. The van der Waals surface area contributed by atoms with Gasteiger partial charge in [0.2, 0.25) is 0 Å². The summed E-state index contributed by atoms with van der Waals surface area (Å²) in [5.41, 5.74) is 0. The molecule has 1 N–H and O–H groups in total. The van der Waals surface area contributed by atoms with Crippen molar-refractivity contribution in [3.05, 3.63) is 6.54 Å². The Morgan fingerprint density at radius 2 is 1.48 bits per heavy atom. The molecule has 0 aromatic heterocycles. The molecule has 0 aliphatic carbocycles. The quantitative estimate of drug-likeness (QED) is 0.555. The van der Waals surface area contributed by atoms with Crippen LogP contribution in [0.4, 0.5) is 0 Å². The Bertz CT molecular complexity index is 657. The number of hydrogen-bond acceptors (Lipinski definition) is 2. The van der Waals surface area contributed by atoms with Crippen molar-refractivity contribution in [2.24, 2.45) is 0 Å². The van der Waals surface area contributed by atoms with E-state index in [2.05, 4.69) is 69.4 Å². The van der Waals surface area contributed by atoms with E-state index in [0.29, 0.717) is 0 Å². The van der Waals surface area contributed by atoms with E-state index in [-0.39, 0.29) is 5.91 Å². The van der Waals surface area contributed by atoms with E-state index in [4.69, 9.17) is 0 Å². The minimum atomic E-state index is -0.378. The summed E-state index contributed by atoms with van der Waals surface area (Å²) in [5, 5.41) is 2.36. The molecule has 21 heavy (non-hydrogen) atoms. The molecule has 1 rings (SSSR count). The highest BCUT2D eigenvalue weighted by atomic mass is 16.1. The molecule has 1 heterocycles. The standard InChI is InChI=1S/C18H15N2O/c1-19-18(21)14-10-7-5-3-2-4-6-8-11-15-20-16-12-9-13-17-20/h15H,9,12-13,16-17H2,1H3,(H,19,21)/q-1. The second-order valence-corrected chi connectivity index (χ2v) is 4.07. The summed E-state index contributed by atoms with van der Waals surface area (Å²) in [5.74, 6) is 25.1. The summed E-state index contributed by atoms with van der Waals surface area (Å²) in [6.45, 7) is 4.04. The fraction of sp³-hybridized carbons (Fsp3) is 0.333. The third kappa shape index (κ3) is 8.76. The summed E-state index contributed by atoms with van der Waals surface area (Å²) in [6, 6.07) is 0. The first kappa shape index (κ1) is 16.2. The minimum Gasteiger partial charge on any atom is -0.352 e. The number of carbonyl (C=O) groups is 1. The lowest BCUT2D eigenvalue weighted by Crippen LogP contribution is -2.26. The van der Waals surface area contributed by atoms with Crippen LogP contribution in [0.1, 0.15) is 19.3 Å². The summed E-state index contributed by atoms with van der Waals surface area (Å²) < 4.78 is 0. The van der Waals surface area contributed by atoms with Crippen molar-refractivity contribution in [2.45, 2.75) is 19.3 Å². The molecule has 3 heteroatoms. The third-order valence-electron chi connectivity index (χ3n) is 2.55. The van der Waals surface area contributed by atoms with Crippen LogP contribution < -0.4 is 5.32 Å². The van der Waals surface area contributed by atoms with Gasteiger partial charge in [0.25, 0.3) is 5.91 Å². The molecule has 0 spiro atoms. The van der Waals surface area contributed by atoms with Gasteiger partial charge >= 0.3 is 0 Å². The highest BCUT2D eigenvalue weighted by molar-refractivity contribution is 5.93. The topological polar surface area (TPSA) is 32.3 Å². The van der Waals surface area contributed by atoms with Gasteiger partial charge in [-0.1, -0.05) is 6.42 Å². The van der Waals surface area contributed by atoms with E-state index in [0.717, 1.165) is 13.1 Å². The highest BCUT2D eigenvalue weighted by Crippen LogP contribution is 2.08. The van der Waals surface area contributed by atoms with Crippen LogP contribution in [0.15, 0.2) is 0 Å². The molecule has 1 amide bonds. The molecule has 1 fully saturated rings. The average Bonchev–Trinajstić information content (AvgIpc) is 2.53. The van der Waals surface area contributed by atoms with Gasteiger partial charge in [-0.25, -0.2) is 5.92 Å². The fourth-order valence-corrected chi connectivity index (χ4v) is 1.55. The van der Waals surface area contributed by atoms with Crippen LogP contribution in [0.25, 0.3) is 0 Å². The summed E-state index contributed by atoms with van der Waals surface area (Å²) in [4.78, 5) is 12.9. The van der Waals surface area contributed by atoms with Crippen LogP contribution in [0.2, 0.25) is 0 Å². The fourth-order valence-electron chi connectivity index (χ4n) is 1.55. The molecule has 104 valence electrons. The first-order chi connectivity index (χ1) is 10.3. The number of piperidine rings is 1. The Kier molecular flexibility index (Phi) is 8.44. The number of nitrogens with zero attached hydrogens (tertiary/aromatic N) is 1. The molecule has 1 aliphatic rings. The van der Waals surface area contributed by atoms with Gasteiger partial charge in [0.05, 0.1) is 0 Å². The first-order valence-electron chi connectivity index (χ1n) is 6.63. The Morgan fingerprint density at radius 3 is 2.10 bits per heavy atom. The number of hydrogen-bond donors (Lipinski definition) is 1. The lowest BCUT2D eigenvalue weighted by Gasteiger charge is -2.28. The smallest absolute Gasteiger partial charge is 0.296 e. The zero-order valence-corrected chi connectivity index (χ0v) is 12.0. The second kappa shape index (κ2) is 11.0. The highest BCUT2D eigenvalue weighted by Gasteiger charge is 2.03. The van der Waals surface area contributed by atoms with Crippen LogP contribution in [-0.4, -0.2) is 30.9 Å². The zero-order valence-electron chi connectivity index (χ0n) is 12.0. The Labute approximate surface area is 126 Å². The van der Waals surface area contributed by atoms with Crippen molar-refractivity contribution >= 4 is 5.91 Å². The molecule has 1 aliphatic heterocycles. The normalized spacial score (nSPS) is 12.0. The summed E-state index contributed by atoms with van der Waals surface area (Å²) in [7, 11) is 1.50. The van der Waals surface area contributed by atoms with Gasteiger partial charge in [0, 0.05) is 13.0 Å². The van der Waals surface area contributed by atoms with E-state index in [9.17, 15) is 4.79 Å². The number of carbonyl (C=O) groups excluding carboxylic acids is 1. The Balaban J connectivity index is 2.30. The van der Waals surface area contributed by atoms with E-state index in [1.54, 1.807) is 0 Å². The first-order valence-corrected chi connectivity index (χ1v) is 6.63. The molecule has 1 saturated heterocycles. The average molecular weight is 275 g/mol. The van der Waals surface area contributed by atoms with E-state index >= 15 is 0 Å². The van der Waals surface area contributed by atoms with Crippen molar-refractivity contribution < 1.29 is 4.79 Å². The van der Waals surface area contributed by atoms with E-state index < -0.39 is 0 Å². The summed E-state index contributed by atoms with van der Waals surface area (Å²) in [6.07, 6.45) is 3.77. The molecule has 0 aromatic carbocycles. The van der Waals surface area contributed by atoms with E-state index in [1.807, 2.05) is 6.54 Å². The monoisotopic (exact) mass is 275 g/mol. The van der Waals surface area contributed by atoms with Gasteiger partial charge in [0.1, 0.15) is 0 Å². The van der Waals surface area contributed by atoms with Crippen molar-refractivity contribution in [1.29, 1.82) is 0 Å². The van der Waals surface area contributed by atoms with Crippen molar-refractivity contribution in [3.63, 3.8) is 0 Å². The lowest BCUT2D eigenvalue weighted by atomic mass is 10.1. The van der Waals surface area contributed by atoms with Crippen molar-refractivity contribution in [2.75, 3.05) is 20.1 Å². The van der Waals surface area contributed by atoms with Crippen molar-refractivity contribution in [3.8, 4) is 59.2 Å². The molecule has 0 atom stereocenters. The van der Waals surface area contributed by atoms with Crippen LogP contribution in [0, 0.1) is 65.7 Å². The van der Waals surface area contributed by atoms with Gasteiger partial charge in [-0.3, -0.25) is 10.7 Å². The molecule has 0 saturated carbocycles. The van der Waals surface area contributed by atoms with Gasteiger partial charge in [-0.15, -0.1) is 12.5 Å². The molecule has 0 radical (unpaired) electrons. The molecule has 0 aromatic rings. The predicted molar refractivity (Wildman–Crippen MR) is 82.7 cm³/mol. The Morgan fingerprint density at radius 1 is 0.905 bits per heavy atom. The maximum absolute atomic E-state index is 10.7. The van der Waals surface area contributed by atoms with Gasteiger partial charge in [-0.05, 0) is 61.5 Å². The number of amides is 1. The van der Waals surface area contributed by atoms with Crippen LogP contribution in [0.5, 0.6) is 0 Å². The van der Waals surface area contributed by atoms with Crippen LogP contribution in [-0.2, 0) is 4.79 Å². The number of nitrogens with one attached hydrogen (secondary N) is 1. The van der Waals surface area contributed by atoms with Gasteiger partial charge < -0.3 is 10.2 Å². The van der Waals surface area contributed by atoms with Crippen LogP contribution in [0.3, 0.4) is 0 Å². The number of likely N-dealkylation sites (tertiary alicyclic amines) is 1. The van der Waals surface area contributed by atoms with E-state index in [1.165, 1.54) is 26.3 Å². The minimum absolute atomic E-state index is 0.378. The Hall–Kier alpha value is -2.90. The summed E-state index contributed by atoms with van der Waals surface area (Å²) >= 11 is 0. The maximum atomic E-state index is 10.7. The molecule has 0 bridgehead atoms. The molecular formula is C18H15N2O-. The molecule has 0 unspecified atom stereocenters. The largest absolute Gasteiger partial charge is 0.352 e. The molecular weight excluding hydrogens is 260 g/mol. The zero-order chi connectivity index (χ0) is 15.2. The third-order valence-corrected chi connectivity index (χ3v) is 2.55. The SMILES string of the molecule is CNC(=O)C#CC#CC#CC#CC#C[CH-]N1CCCCC1. The van der Waals surface area contributed by atoms with Crippen molar-refractivity contribution in [1.82, 2.24) is 10.2 Å². The maximum Gasteiger partial charge on any atom is 0.296 e. The van der Waals surface area contributed by atoms with Gasteiger partial charge in [0.15, 0.2) is 0 Å².